The summed E-state index contributed by atoms with van der Waals surface area (Å²) >= 11 is 0. The highest BCUT2D eigenvalue weighted by Crippen LogP contribution is 2.28. The molecule has 1 aliphatic heterocycles. The van der Waals surface area contributed by atoms with Crippen molar-refractivity contribution in [2.24, 2.45) is 0 Å². The Hall–Kier alpha value is -3.53. The third kappa shape index (κ3) is 3.28. The topological polar surface area (TPSA) is 97.3 Å². The summed E-state index contributed by atoms with van der Waals surface area (Å²) in [5, 5.41) is 16.9. The van der Waals surface area contributed by atoms with Crippen LogP contribution in [0.4, 0.5) is 26.7 Å². The van der Waals surface area contributed by atoms with Gasteiger partial charge in [-0.25, -0.2) is 9.59 Å². The summed E-state index contributed by atoms with van der Waals surface area (Å²) < 4.78 is 0. The number of carbonyl (C=O) groups is 2. The van der Waals surface area contributed by atoms with Crippen LogP contribution in [-0.2, 0) is 0 Å². The fourth-order valence-electron chi connectivity index (χ4n) is 2.49. The Morgan fingerprint density at radius 3 is 2.83 bits per heavy atom. The van der Waals surface area contributed by atoms with Gasteiger partial charge in [0.2, 0.25) is 0 Å². The highest BCUT2D eigenvalue weighted by Gasteiger charge is 2.23. The molecule has 0 bridgehead atoms. The Balaban J connectivity index is 1.67. The number of benzene rings is 2. The van der Waals surface area contributed by atoms with Crippen LogP contribution in [0, 0.1) is 11.3 Å². The van der Waals surface area contributed by atoms with Gasteiger partial charge in [-0.05, 0) is 30.3 Å². The maximum Gasteiger partial charge on any atom is 0.330 e. The largest absolute Gasteiger partial charge is 0.382 e. The van der Waals surface area contributed by atoms with Crippen LogP contribution < -0.4 is 20.9 Å². The van der Waals surface area contributed by atoms with Gasteiger partial charge < -0.3 is 10.6 Å². The number of nitriles is 1. The highest BCUT2D eigenvalue weighted by atomic mass is 16.2. The lowest BCUT2D eigenvalue weighted by Gasteiger charge is -2.30. The maximum absolute atomic E-state index is 12.4. The molecule has 1 heterocycles. The minimum Gasteiger partial charge on any atom is -0.382 e. The second-order valence-electron chi connectivity index (χ2n) is 5.17. The number of imide groups is 1. The molecular formula is C17H15N5O2. The van der Waals surface area contributed by atoms with Gasteiger partial charge in [0.1, 0.15) is 0 Å². The van der Waals surface area contributed by atoms with Crippen LogP contribution in [0.2, 0.25) is 0 Å². The number of urea groups is 2. The van der Waals surface area contributed by atoms with Gasteiger partial charge in [0.25, 0.3) is 0 Å². The van der Waals surface area contributed by atoms with Crippen LogP contribution >= 0.6 is 0 Å². The smallest absolute Gasteiger partial charge is 0.330 e. The van der Waals surface area contributed by atoms with Crippen molar-refractivity contribution in [1.29, 1.82) is 5.26 Å². The van der Waals surface area contributed by atoms with Gasteiger partial charge in [-0.1, -0.05) is 18.2 Å². The van der Waals surface area contributed by atoms with E-state index in [1.54, 1.807) is 18.2 Å². The Labute approximate surface area is 138 Å². The number of hydrogen-bond donors (Lipinski definition) is 3. The fourth-order valence-corrected chi connectivity index (χ4v) is 2.49. The Morgan fingerprint density at radius 1 is 1.17 bits per heavy atom. The van der Waals surface area contributed by atoms with E-state index in [9.17, 15) is 9.59 Å². The molecular weight excluding hydrogens is 306 g/mol. The predicted octanol–water partition coefficient (Wildman–Crippen LogP) is 2.73. The third-order valence-electron chi connectivity index (χ3n) is 3.56. The SMILES string of the molecule is N#Cc1cccc(NC(=O)NC(=O)N2CCNc3ccccc32)c1. The molecule has 0 fully saturated rings. The molecule has 0 spiro atoms. The first-order valence-electron chi connectivity index (χ1n) is 7.40. The first kappa shape index (κ1) is 15.4. The maximum atomic E-state index is 12.4. The molecule has 0 aromatic heterocycles. The molecule has 0 saturated heterocycles. The zero-order valence-electron chi connectivity index (χ0n) is 12.7. The molecule has 2 aromatic carbocycles. The van der Waals surface area contributed by atoms with E-state index in [0.717, 1.165) is 11.4 Å². The molecule has 0 saturated carbocycles. The van der Waals surface area contributed by atoms with Crippen LogP contribution in [0.25, 0.3) is 0 Å². The Morgan fingerprint density at radius 2 is 2.00 bits per heavy atom. The average molecular weight is 321 g/mol. The molecule has 7 heteroatoms. The first-order chi connectivity index (χ1) is 11.7. The van der Waals surface area contributed by atoms with E-state index in [1.165, 1.54) is 11.0 Å². The molecule has 2 aromatic rings. The van der Waals surface area contributed by atoms with Gasteiger partial charge in [0, 0.05) is 18.8 Å². The third-order valence-corrected chi connectivity index (χ3v) is 3.56. The van der Waals surface area contributed by atoms with Crippen molar-refractivity contribution in [2.45, 2.75) is 0 Å². The average Bonchev–Trinajstić information content (AvgIpc) is 2.61. The predicted molar refractivity (Wildman–Crippen MR) is 91.0 cm³/mol. The van der Waals surface area contributed by atoms with E-state index in [-0.39, 0.29) is 0 Å². The number of carbonyl (C=O) groups excluding carboxylic acids is 2. The zero-order chi connectivity index (χ0) is 16.9. The van der Waals surface area contributed by atoms with Crippen molar-refractivity contribution in [3.8, 4) is 6.07 Å². The Kier molecular flexibility index (Phi) is 4.29. The van der Waals surface area contributed by atoms with Crippen LogP contribution in [0.15, 0.2) is 48.5 Å². The number of anilines is 3. The summed E-state index contributed by atoms with van der Waals surface area (Å²) in [6.07, 6.45) is 0. The molecule has 120 valence electrons. The Bertz CT molecular complexity index is 828. The minimum absolute atomic E-state index is 0.426. The number of rotatable bonds is 1. The zero-order valence-corrected chi connectivity index (χ0v) is 12.7. The number of fused-ring (bicyclic) bond motifs is 1. The lowest BCUT2D eigenvalue weighted by Crippen LogP contribution is -2.48. The van der Waals surface area contributed by atoms with E-state index >= 15 is 0 Å². The van der Waals surface area contributed by atoms with Gasteiger partial charge in [0.05, 0.1) is 23.0 Å². The number of nitrogens with zero attached hydrogens (tertiary/aromatic N) is 2. The van der Waals surface area contributed by atoms with E-state index in [4.69, 9.17) is 5.26 Å². The number of nitrogens with one attached hydrogen (secondary N) is 3. The highest BCUT2D eigenvalue weighted by molar-refractivity contribution is 6.07. The quantitative estimate of drug-likeness (QED) is 0.752. The first-order valence-corrected chi connectivity index (χ1v) is 7.40. The van der Waals surface area contributed by atoms with Crippen molar-refractivity contribution in [3.63, 3.8) is 0 Å². The number of para-hydroxylation sites is 2. The molecule has 3 rings (SSSR count). The fraction of sp³-hybridized carbons (Fsp3) is 0.118. The molecule has 0 atom stereocenters. The van der Waals surface area contributed by atoms with Gasteiger partial charge in [-0.15, -0.1) is 0 Å². The summed E-state index contributed by atoms with van der Waals surface area (Å²) in [4.78, 5) is 25.9. The summed E-state index contributed by atoms with van der Waals surface area (Å²) in [7, 11) is 0. The summed E-state index contributed by atoms with van der Waals surface area (Å²) in [5.74, 6) is 0. The van der Waals surface area contributed by atoms with Crippen molar-refractivity contribution in [3.05, 3.63) is 54.1 Å². The van der Waals surface area contributed by atoms with E-state index in [0.29, 0.717) is 24.3 Å². The molecule has 24 heavy (non-hydrogen) atoms. The molecule has 7 nitrogen and oxygen atoms in total. The van der Waals surface area contributed by atoms with Crippen LogP contribution in [0.3, 0.4) is 0 Å². The van der Waals surface area contributed by atoms with Crippen LogP contribution in [0.5, 0.6) is 0 Å². The van der Waals surface area contributed by atoms with Gasteiger partial charge in [0.15, 0.2) is 0 Å². The number of hydrogen-bond acceptors (Lipinski definition) is 4. The summed E-state index contributed by atoms with van der Waals surface area (Å²) in [6.45, 7) is 1.07. The van der Waals surface area contributed by atoms with E-state index < -0.39 is 12.1 Å². The summed E-state index contributed by atoms with van der Waals surface area (Å²) in [5.41, 5.74) is 2.44. The molecule has 4 amide bonds. The molecule has 0 unspecified atom stereocenters. The van der Waals surface area contributed by atoms with E-state index in [1.807, 2.05) is 30.3 Å². The lowest BCUT2D eigenvalue weighted by molar-refractivity contribution is 0.236. The van der Waals surface area contributed by atoms with Crippen LogP contribution in [-0.4, -0.2) is 25.2 Å². The van der Waals surface area contributed by atoms with Crippen molar-refractivity contribution < 1.29 is 9.59 Å². The summed E-state index contributed by atoms with van der Waals surface area (Å²) in [6, 6.07) is 14.7. The minimum atomic E-state index is -0.647. The van der Waals surface area contributed by atoms with Crippen molar-refractivity contribution >= 4 is 29.1 Å². The van der Waals surface area contributed by atoms with Gasteiger partial charge in [-0.3, -0.25) is 10.2 Å². The molecule has 0 aliphatic carbocycles. The molecule has 1 aliphatic rings. The van der Waals surface area contributed by atoms with Gasteiger partial charge >= 0.3 is 12.1 Å². The normalized spacial score (nSPS) is 12.4. The van der Waals surface area contributed by atoms with E-state index in [2.05, 4.69) is 16.0 Å². The lowest BCUT2D eigenvalue weighted by atomic mass is 10.2. The van der Waals surface area contributed by atoms with Crippen molar-refractivity contribution in [1.82, 2.24) is 5.32 Å². The van der Waals surface area contributed by atoms with Gasteiger partial charge in [-0.2, -0.15) is 5.26 Å². The number of amides is 4. The second-order valence-corrected chi connectivity index (χ2v) is 5.17. The standard InChI is InChI=1S/C17H15N5O2/c18-11-12-4-3-5-13(10-12)20-16(23)21-17(24)22-9-8-19-14-6-1-2-7-15(14)22/h1-7,10,19H,8-9H2,(H2,20,21,23,24). The monoisotopic (exact) mass is 321 g/mol. The van der Waals surface area contributed by atoms with Crippen LogP contribution in [0.1, 0.15) is 5.56 Å². The van der Waals surface area contributed by atoms with Crippen molar-refractivity contribution in [2.75, 3.05) is 28.6 Å². The molecule has 0 radical (unpaired) electrons. The second kappa shape index (κ2) is 6.71. The molecule has 3 N–H and O–H groups in total.